The second-order valence-electron chi connectivity index (χ2n) is 8.89. The highest BCUT2D eigenvalue weighted by molar-refractivity contribution is 8.00. The normalized spacial score (nSPS) is 12.7. The zero-order valence-electron chi connectivity index (χ0n) is 22.2. The van der Waals surface area contributed by atoms with Gasteiger partial charge in [-0.3, -0.25) is 4.79 Å². The molecule has 0 bridgehead atoms. The van der Waals surface area contributed by atoms with Crippen LogP contribution in [0.15, 0.2) is 48.5 Å². The smallest absolute Gasteiger partial charge is 0.494 e. The van der Waals surface area contributed by atoms with Gasteiger partial charge in [0.25, 0.3) is 0 Å². The summed E-state index contributed by atoms with van der Waals surface area (Å²) in [4.78, 5) is 22.4. The number of benzene rings is 2. The van der Waals surface area contributed by atoms with Crippen molar-refractivity contribution in [2.24, 2.45) is 0 Å². The third-order valence-electron chi connectivity index (χ3n) is 6.38. The number of hydrogen-bond acceptors (Lipinski definition) is 8. The molecule has 0 heterocycles. The van der Waals surface area contributed by atoms with Crippen LogP contribution in [-0.4, -0.2) is 58.7 Å². The fourth-order valence-electron chi connectivity index (χ4n) is 3.98. The van der Waals surface area contributed by atoms with Gasteiger partial charge in [0.1, 0.15) is 18.1 Å². The van der Waals surface area contributed by atoms with Crippen LogP contribution in [0.25, 0.3) is 0 Å². The van der Waals surface area contributed by atoms with Gasteiger partial charge in [0.15, 0.2) is 5.78 Å². The molecule has 38 heavy (non-hydrogen) atoms. The molecule has 210 valence electrons. The van der Waals surface area contributed by atoms with Gasteiger partial charge in [-0.25, -0.2) is 0 Å². The number of ether oxygens (including phenoxy) is 2. The highest BCUT2D eigenvalue weighted by atomic mass is 32.2. The van der Waals surface area contributed by atoms with Crippen LogP contribution >= 0.6 is 20.0 Å². The maximum Gasteiger partial charge on any atom is 0.694 e. The first-order chi connectivity index (χ1) is 18.4. The maximum atomic E-state index is 13.4. The average molecular weight is 568 g/mol. The molecule has 10 heteroatoms. The van der Waals surface area contributed by atoms with Gasteiger partial charge >= 0.3 is 8.25 Å². The molecule has 2 aromatic carbocycles. The molecule has 2 atom stereocenters. The zero-order valence-corrected chi connectivity index (χ0v) is 23.9. The predicted octanol–water partition coefficient (Wildman–Crippen LogP) is 5.87. The van der Waals surface area contributed by atoms with Crippen molar-refractivity contribution in [1.82, 2.24) is 0 Å². The highest BCUT2D eigenvalue weighted by Crippen LogP contribution is 2.47. The fraction of sp³-hybridized carbons (Fsp3) is 0.536. The largest absolute Gasteiger partial charge is 0.694 e. The molecule has 0 radical (unpaired) electrons. The van der Waals surface area contributed by atoms with E-state index in [4.69, 9.17) is 29.1 Å². The second-order valence-corrected chi connectivity index (χ2v) is 11.3. The number of hydrogen-bond donors (Lipinski definition) is 3. The summed E-state index contributed by atoms with van der Waals surface area (Å²) in [7, 11) is -2.66. The highest BCUT2D eigenvalue weighted by Gasteiger charge is 2.33. The Kier molecular flexibility index (Phi) is 14.9. The third-order valence-corrected chi connectivity index (χ3v) is 8.79. The summed E-state index contributed by atoms with van der Waals surface area (Å²) in [6.07, 6.45) is 3.58. The van der Waals surface area contributed by atoms with E-state index < -0.39 is 8.25 Å². The Balaban J connectivity index is 2.23. The second kappa shape index (κ2) is 17.6. The minimum absolute atomic E-state index is 0.00322. The minimum Gasteiger partial charge on any atom is -0.494 e. The Labute approximate surface area is 230 Å². The van der Waals surface area contributed by atoms with Crippen molar-refractivity contribution in [3.63, 3.8) is 0 Å². The van der Waals surface area contributed by atoms with Crippen LogP contribution in [0.2, 0.25) is 0 Å². The molecule has 0 amide bonds. The average Bonchev–Trinajstić information content (AvgIpc) is 2.93. The van der Waals surface area contributed by atoms with E-state index in [1.165, 1.54) is 0 Å². The molecule has 8 nitrogen and oxygen atoms in total. The van der Waals surface area contributed by atoms with E-state index in [1.54, 1.807) is 36.0 Å². The number of aliphatic hydroxyl groups excluding tert-OH is 2. The Morgan fingerprint density at radius 3 is 1.89 bits per heavy atom. The number of rotatable bonds is 20. The Hall–Kier alpha value is -2.00. The van der Waals surface area contributed by atoms with E-state index in [9.17, 15) is 9.36 Å². The van der Waals surface area contributed by atoms with Crippen LogP contribution in [0.5, 0.6) is 11.5 Å². The first kappa shape index (κ1) is 32.2. The lowest BCUT2D eigenvalue weighted by Gasteiger charge is -2.34. The van der Waals surface area contributed by atoms with Crippen LogP contribution in [0.4, 0.5) is 0 Å². The molecule has 0 aliphatic carbocycles. The van der Waals surface area contributed by atoms with Crippen molar-refractivity contribution < 1.29 is 38.5 Å². The van der Waals surface area contributed by atoms with Crippen LogP contribution in [0, 0.1) is 0 Å². The number of carbonyl (C=O) groups is 1. The van der Waals surface area contributed by atoms with Crippen molar-refractivity contribution in [3.8, 4) is 11.5 Å². The topological polar surface area (TPSA) is 123 Å². The standard InChI is InChI=1S/C28H39O8PS/c1-3-28(4-2,15-20-36-37(32)33)38-27(23-9-13-25(14-10-23)35-19-6-17-30)21-26(31)22-7-11-24(12-8-22)34-18-5-16-29/h7-14,27,29-30H,3-6,15-21H2,1-2H3/p+1. The van der Waals surface area contributed by atoms with E-state index in [0.29, 0.717) is 49.5 Å². The van der Waals surface area contributed by atoms with Gasteiger partial charge in [-0.05, 0) is 61.2 Å². The Morgan fingerprint density at radius 1 is 0.895 bits per heavy atom. The van der Waals surface area contributed by atoms with E-state index in [-0.39, 0.29) is 42.0 Å². The van der Waals surface area contributed by atoms with Crippen molar-refractivity contribution in [2.45, 2.75) is 62.4 Å². The van der Waals surface area contributed by atoms with Gasteiger partial charge in [-0.1, -0.05) is 26.0 Å². The molecule has 2 rings (SSSR count). The maximum absolute atomic E-state index is 13.4. The molecule has 0 aliphatic heterocycles. The summed E-state index contributed by atoms with van der Waals surface area (Å²) in [6.45, 7) is 5.30. The number of carbonyl (C=O) groups excluding carboxylic acids is 1. The predicted molar refractivity (Wildman–Crippen MR) is 150 cm³/mol. The Morgan fingerprint density at radius 2 is 1.42 bits per heavy atom. The van der Waals surface area contributed by atoms with Crippen molar-refractivity contribution in [1.29, 1.82) is 0 Å². The quantitative estimate of drug-likeness (QED) is 0.102. The lowest BCUT2D eigenvalue weighted by atomic mass is 9.98. The molecule has 2 aromatic rings. The number of thioether (sulfide) groups is 1. The van der Waals surface area contributed by atoms with Crippen LogP contribution < -0.4 is 9.47 Å². The van der Waals surface area contributed by atoms with Gasteiger partial charge in [0, 0.05) is 52.6 Å². The summed E-state index contributed by atoms with van der Waals surface area (Å²) in [6, 6.07) is 14.7. The van der Waals surface area contributed by atoms with Crippen molar-refractivity contribution >= 4 is 25.8 Å². The number of aliphatic hydroxyl groups is 2. The summed E-state index contributed by atoms with van der Waals surface area (Å²) in [5.41, 5.74) is 1.58. The minimum atomic E-state index is -2.66. The fourth-order valence-corrected chi connectivity index (χ4v) is 5.89. The summed E-state index contributed by atoms with van der Waals surface area (Å²) < 4.78 is 27.0. The first-order valence-electron chi connectivity index (χ1n) is 13.0. The summed E-state index contributed by atoms with van der Waals surface area (Å²) in [5, 5.41) is 17.7. The van der Waals surface area contributed by atoms with Crippen molar-refractivity contribution in [3.05, 3.63) is 59.7 Å². The Bertz CT molecular complexity index is 964. The molecule has 0 saturated heterocycles. The van der Waals surface area contributed by atoms with Gasteiger partial charge in [-0.2, -0.15) is 0 Å². The van der Waals surface area contributed by atoms with Crippen LogP contribution in [0.3, 0.4) is 0 Å². The molecular formula is C28H40O8PS+. The van der Waals surface area contributed by atoms with E-state index >= 15 is 0 Å². The zero-order chi connectivity index (χ0) is 27.8. The molecule has 2 unspecified atom stereocenters. The first-order valence-corrected chi connectivity index (χ1v) is 15.0. The summed E-state index contributed by atoms with van der Waals surface area (Å²) >= 11 is 1.71. The lowest BCUT2D eigenvalue weighted by molar-refractivity contribution is 0.0981. The van der Waals surface area contributed by atoms with Gasteiger partial charge < -0.3 is 19.7 Å². The van der Waals surface area contributed by atoms with E-state index in [1.807, 2.05) is 24.3 Å². The molecular weight excluding hydrogens is 527 g/mol. The molecule has 0 saturated carbocycles. The SMILES string of the molecule is CCC(CC)(CCO[P+](=O)O)SC(CC(=O)c1ccc(OCCCO)cc1)c1ccc(OCCCO)cc1. The van der Waals surface area contributed by atoms with Crippen molar-refractivity contribution in [2.75, 3.05) is 33.0 Å². The van der Waals surface area contributed by atoms with Gasteiger partial charge in [0.2, 0.25) is 0 Å². The number of Topliss-reactive ketones (excluding diaryl/α,β-unsaturated/α-hetero) is 1. The molecule has 3 N–H and O–H groups in total. The number of ketones is 1. The van der Waals surface area contributed by atoms with Gasteiger partial charge in [0.05, 0.1) is 13.2 Å². The van der Waals surface area contributed by atoms with Crippen LogP contribution in [-0.2, 0) is 9.09 Å². The van der Waals surface area contributed by atoms with E-state index in [2.05, 4.69) is 13.8 Å². The summed E-state index contributed by atoms with van der Waals surface area (Å²) in [5.74, 6) is 1.35. The van der Waals surface area contributed by atoms with Gasteiger partial charge in [-0.15, -0.1) is 21.2 Å². The molecule has 0 aromatic heterocycles. The third kappa shape index (κ3) is 11.0. The van der Waals surface area contributed by atoms with Crippen LogP contribution in [0.1, 0.15) is 73.5 Å². The molecule has 0 aliphatic rings. The lowest BCUT2D eigenvalue weighted by Crippen LogP contribution is -2.26. The molecule has 0 fully saturated rings. The molecule has 0 spiro atoms. The van der Waals surface area contributed by atoms with E-state index in [0.717, 1.165) is 18.4 Å². The monoisotopic (exact) mass is 567 g/mol.